The highest BCUT2D eigenvalue weighted by Crippen LogP contribution is 2.27. The molecule has 0 spiro atoms. The molecule has 1 saturated heterocycles. The number of carbonyl (C=O) groups excluding carboxylic acids is 2. The molecule has 0 bridgehead atoms. The molecule has 2 N–H and O–H groups in total. The van der Waals surface area contributed by atoms with Crippen LogP contribution in [0.4, 0.5) is 5.13 Å². The maximum absolute atomic E-state index is 12.6. The Morgan fingerprint density at radius 1 is 1.27 bits per heavy atom. The van der Waals surface area contributed by atoms with Gasteiger partial charge in [-0.3, -0.25) is 9.59 Å². The highest BCUT2D eigenvalue weighted by atomic mass is 32.1. The van der Waals surface area contributed by atoms with Gasteiger partial charge in [-0.15, -0.1) is 11.3 Å². The molecule has 2 fully saturated rings. The summed E-state index contributed by atoms with van der Waals surface area (Å²) in [5.74, 6) is -0.0167. The number of hydrogen-bond donors (Lipinski definition) is 2. The number of aromatic nitrogens is 1. The first-order valence-electron chi connectivity index (χ1n) is 9.04. The highest BCUT2D eigenvalue weighted by Gasteiger charge is 2.32. The predicted molar refractivity (Wildman–Crippen MR) is 101 cm³/mol. The number of nitrogens with one attached hydrogen (secondary N) is 2. The van der Waals surface area contributed by atoms with Gasteiger partial charge in [-0.05, 0) is 43.4 Å². The van der Waals surface area contributed by atoms with E-state index in [0.29, 0.717) is 18.2 Å². The van der Waals surface area contributed by atoms with Gasteiger partial charge in [-0.25, -0.2) is 4.98 Å². The van der Waals surface area contributed by atoms with Crippen molar-refractivity contribution >= 4 is 28.3 Å². The lowest BCUT2D eigenvalue weighted by atomic mass is 10.1. The Morgan fingerprint density at radius 2 is 2.15 bits per heavy atom. The fourth-order valence-corrected chi connectivity index (χ4v) is 3.97. The van der Waals surface area contributed by atoms with Gasteiger partial charge in [0.25, 0.3) is 5.91 Å². The zero-order valence-electron chi connectivity index (χ0n) is 14.5. The summed E-state index contributed by atoms with van der Waals surface area (Å²) in [6.45, 7) is 1.29. The zero-order valence-corrected chi connectivity index (χ0v) is 15.3. The van der Waals surface area contributed by atoms with Crippen molar-refractivity contribution in [3.8, 4) is 0 Å². The molecular formula is C19H22N4O2S. The molecule has 1 saturated carbocycles. The quantitative estimate of drug-likeness (QED) is 0.818. The van der Waals surface area contributed by atoms with Crippen LogP contribution in [0.1, 0.15) is 41.6 Å². The molecule has 1 atom stereocenters. The number of amides is 2. The molecule has 0 unspecified atom stereocenters. The lowest BCUT2D eigenvalue weighted by Gasteiger charge is -2.23. The fraction of sp³-hybridized carbons (Fsp3) is 0.421. The summed E-state index contributed by atoms with van der Waals surface area (Å²) in [5.41, 5.74) is 1.58. The molecule has 1 aliphatic heterocycles. The van der Waals surface area contributed by atoms with Crippen LogP contribution >= 0.6 is 11.3 Å². The highest BCUT2D eigenvalue weighted by molar-refractivity contribution is 7.13. The Labute approximate surface area is 156 Å². The van der Waals surface area contributed by atoms with E-state index in [2.05, 4.69) is 20.5 Å². The first kappa shape index (κ1) is 17.0. The van der Waals surface area contributed by atoms with E-state index in [-0.39, 0.29) is 17.9 Å². The summed E-state index contributed by atoms with van der Waals surface area (Å²) in [7, 11) is 0. The SMILES string of the molecule is O=C(NC1CC1)c1cccc(CNC(=O)[C@H]2CCCN2c2nccs2)c1. The second kappa shape index (κ2) is 7.45. The van der Waals surface area contributed by atoms with E-state index in [4.69, 9.17) is 0 Å². The van der Waals surface area contributed by atoms with Gasteiger partial charge in [0.1, 0.15) is 6.04 Å². The lowest BCUT2D eigenvalue weighted by molar-refractivity contribution is -0.122. The van der Waals surface area contributed by atoms with Crippen LogP contribution in [0.25, 0.3) is 0 Å². The minimum atomic E-state index is -0.164. The van der Waals surface area contributed by atoms with E-state index in [0.717, 1.165) is 42.9 Å². The maximum Gasteiger partial charge on any atom is 0.251 e. The van der Waals surface area contributed by atoms with Crippen LogP contribution < -0.4 is 15.5 Å². The monoisotopic (exact) mass is 370 g/mol. The Kier molecular flexibility index (Phi) is 4.88. The number of hydrogen-bond acceptors (Lipinski definition) is 5. The molecule has 0 radical (unpaired) electrons. The van der Waals surface area contributed by atoms with Gasteiger partial charge in [0.15, 0.2) is 5.13 Å². The molecule has 2 amide bonds. The van der Waals surface area contributed by atoms with Crippen molar-refractivity contribution in [1.29, 1.82) is 0 Å². The minimum Gasteiger partial charge on any atom is -0.350 e. The molecule has 1 aliphatic carbocycles. The van der Waals surface area contributed by atoms with Gasteiger partial charge >= 0.3 is 0 Å². The second-order valence-corrected chi connectivity index (χ2v) is 7.71. The number of thiazole rings is 1. The number of anilines is 1. The summed E-state index contributed by atoms with van der Waals surface area (Å²) in [5, 5.41) is 8.84. The van der Waals surface area contributed by atoms with Crippen LogP contribution in [0.2, 0.25) is 0 Å². The Hall–Kier alpha value is -2.41. The standard InChI is InChI=1S/C19H22N4O2S/c24-17(22-15-6-7-15)14-4-1-3-13(11-14)12-21-18(25)16-5-2-9-23(16)19-20-8-10-26-19/h1,3-4,8,10-11,15-16H,2,5-7,9,12H2,(H,21,25)(H,22,24)/t16-/m1/s1. The van der Waals surface area contributed by atoms with Crippen molar-refractivity contribution in [3.05, 3.63) is 47.0 Å². The molecule has 2 heterocycles. The predicted octanol–water partition coefficient (Wildman–Crippen LogP) is 2.32. The third-order valence-electron chi connectivity index (χ3n) is 4.79. The van der Waals surface area contributed by atoms with Crippen molar-refractivity contribution in [2.75, 3.05) is 11.4 Å². The number of rotatable bonds is 6. The normalized spacial score (nSPS) is 19.4. The molecular weight excluding hydrogens is 348 g/mol. The minimum absolute atomic E-state index is 0.0190. The van der Waals surface area contributed by atoms with Crippen LogP contribution in [0.3, 0.4) is 0 Å². The Morgan fingerprint density at radius 3 is 2.92 bits per heavy atom. The third-order valence-corrected chi connectivity index (χ3v) is 5.60. The topological polar surface area (TPSA) is 74.3 Å². The molecule has 2 aliphatic rings. The average molecular weight is 370 g/mol. The Bertz CT molecular complexity index is 789. The van der Waals surface area contributed by atoms with Crippen molar-refractivity contribution in [2.45, 2.75) is 44.3 Å². The summed E-state index contributed by atoms with van der Waals surface area (Å²) < 4.78 is 0. The summed E-state index contributed by atoms with van der Waals surface area (Å²) in [6.07, 6.45) is 5.74. The van der Waals surface area contributed by atoms with Crippen LogP contribution in [-0.4, -0.2) is 35.4 Å². The number of nitrogens with zero attached hydrogens (tertiary/aromatic N) is 2. The zero-order chi connectivity index (χ0) is 17.9. The van der Waals surface area contributed by atoms with E-state index in [1.165, 1.54) is 0 Å². The van der Waals surface area contributed by atoms with Gasteiger partial charge in [-0.2, -0.15) is 0 Å². The number of benzene rings is 1. The Balaban J connectivity index is 1.36. The molecule has 136 valence electrons. The summed E-state index contributed by atoms with van der Waals surface area (Å²) in [6, 6.07) is 7.63. The molecule has 6 nitrogen and oxygen atoms in total. The van der Waals surface area contributed by atoms with Gasteiger partial charge < -0.3 is 15.5 Å². The molecule has 7 heteroatoms. The number of carbonyl (C=O) groups is 2. The smallest absolute Gasteiger partial charge is 0.251 e. The van der Waals surface area contributed by atoms with Gasteiger partial charge in [0.05, 0.1) is 0 Å². The van der Waals surface area contributed by atoms with E-state index < -0.39 is 0 Å². The van der Waals surface area contributed by atoms with Gasteiger partial charge in [-0.1, -0.05) is 12.1 Å². The van der Waals surface area contributed by atoms with Crippen molar-refractivity contribution in [2.24, 2.45) is 0 Å². The maximum atomic E-state index is 12.6. The summed E-state index contributed by atoms with van der Waals surface area (Å²) in [4.78, 5) is 31.2. The van der Waals surface area contributed by atoms with Crippen molar-refractivity contribution in [3.63, 3.8) is 0 Å². The second-order valence-electron chi connectivity index (χ2n) is 6.83. The largest absolute Gasteiger partial charge is 0.350 e. The molecule has 2 aromatic rings. The van der Waals surface area contributed by atoms with E-state index in [9.17, 15) is 9.59 Å². The van der Waals surface area contributed by atoms with Gasteiger partial charge in [0, 0.05) is 36.3 Å². The first-order chi connectivity index (χ1) is 12.7. The molecule has 4 rings (SSSR count). The lowest BCUT2D eigenvalue weighted by Crippen LogP contribution is -2.43. The van der Waals surface area contributed by atoms with E-state index in [1.54, 1.807) is 17.5 Å². The summed E-state index contributed by atoms with van der Waals surface area (Å²) >= 11 is 1.56. The van der Waals surface area contributed by atoms with Crippen LogP contribution in [0.15, 0.2) is 35.8 Å². The third kappa shape index (κ3) is 3.88. The average Bonchev–Trinajstić information content (AvgIpc) is 3.14. The van der Waals surface area contributed by atoms with Crippen molar-refractivity contribution in [1.82, 2.24) is 15.6 Å². The van der Waals surface area contributed by atoms with Crippen LogP contribution in [-0.2, 0) is 11.3 Å². The first-order valence-corrected chi connectivity index (χ1v) is 9.92. The molecule has 26 heavy (non-hydrogen) atoms. The van der Waals surface area contributed by atoms with Crippen molar-refractivity contribution < 1.29 is 9.59 Å². The molecule has 1 aromatic carbocycles. The fourth-order valence-electron chi connectivity index (χ4n) is 3.25. The van der Waals surface area contributed by atoms with E-state index in [1.807, 2.05) is 29.6 Å². The molecule has 1 aromatic heterocycles. The van der Waals surface area contributed by atoms with E-state index >= 15 is 0 Å². The van der Waals surface area contributed by atoms with Gasteiger partial charge in [0.2, 0.25) is 5.91 Å². The van der Waals surface area contributed by atoms with Crippen LogP contribution in [0, 0.1) is 0 Å². The van der Waals surface area contributed by atoms with Crippen LogP contribution in [0.5, 0.6) is 0 Å².